The van der Waals surface area contributed by atoms with E-state index < -0.39 is 0 Å². The van der Waals surface area contributed by atoms with Crippen LogP contribution in [0.4, 0.5) is 8.78 Å². The Balaban J connectivity index is 1.24. The average Bonchev–Trinajstić information content (AvgIpc) is 3.49. The van der Waals surface area contributed by atoms with E-state index in [1.807, 2.05) is 12.1 Å². The molecule has 0 spiro atoms. The van der Waals surface area contributed by atoms with Gasteiger partial charge in [-0.05, 0) is 86.9 Å². The van der Waals surface area contributed by atoms with Gasteiger partial charge >= 0.3 is 0 Å². The minimum Gasteiger partial charge on any atom is -0.207 e. The lowest BCUT2D eigenvalue weighted by molar-refractivity contribution is 0.123. The average molecular weight is 493 g/mol. The van der Waals surface area contributed by atoms with Crippen molar-refractivity contribution in [1.82, 2.24) is 0 Å². The Kier molecular flexibility index (Phi) is 5.82. The Morgan fingerprint density at radius 3 is 1.70 bits per heavy atom. The highest BCUT2D eigenvalue weighted by Crippen LogP contribution is 2.70. The molecule has 188 valence electrons. The van der Waals surface area contributed by atoms with Crippen LogP contribution in [-0.2, 0) is 0 Å². The van der Waals surface area contributed by atoms with Gasteiger partial charge < -0.3 is 0 Å². The number of rotatable bonds is 5. The van der Waals surface area contributed by atoms with Gasteiger partial charge in [-0.3, -0.25) is 0 Å². The van der Waals surface area contributed by atoms with Gasteiger partial charge in [0.15, 0.2) is 0 Å². The second-order valence-electron chi connectivity index (χ2n) is 11.9. The summed E-state index contributed by atoms with van der Waals surface area (Å²) < 4.78 is 29.3. The van der Waals surface area contributed by atoms with Crippen LogP contribution in [0.1, 0.15) is 73.6 Å². The molecule has 2 fully saturated rings. The highest BCUT2D eigenvalue weighted by atomic mass is 19.1. The van der Waals surface area contributed by atoms with Crippen LogP contribution in [-0.4, -0.2) is 0 Å². The van der Waals surface area contributed by atoms with Gasteiger partial charge in [-0.2, -0.15) is 0 Å². The highest BCUT2D eigenvalue weighted by molar-refractivity contribution is 5.65. The first-order chi connectivity index (χ1) is 17.8. The molecular weight excluding hydrogens is 458 g/mol. The van der Waals surface area contributed by atoms with Crippen LogP contribution >= 0.6 is 0 Å². The van der Waals surface area contributed by atoms with Crippen molar-refractivity contribution in [3.05, 3.63) is 131 Å². The zero-order chi connectivity index (χ0) is 25.9. The number of hydrogen-bond acceptors (Lipinski definition) is 0. The standard InChI is InChI=1S/C35H34F2/c1-21-22(2)32(31(21)24-9-6-5-7-10-24)25-15-13-23(14-16-25)29-18-17-27(20-30(29)37)34-33(35(34,3)4)26-11-8-12-28(36)19-26/h5-22,31-34H,1-4H3/t21?,22?,31?,32-,33-,34?/m1/s1. The number of hydrogen-bond donors (Lipinski definition) is 0. The molecule has 4 aromatic carbocycles. The summed E-state index contributed by atoms with van der Waals surface area (Å²) in [5, 5.41) is 0. The van der Waals surface area contributed by atoms with Crippen molar-refractivity contribution in [2.45, 2.75) is 51.4 Å². The van der Waals surface area contributed by atoms with Gasteiger partial charge in [0.1, 0.15) is 11.6 Å². The van der Waals surface area contributed by atoms with Crippen LogP contribution in [0.3, 0.4) is 0 Å². The predicted octanol–water partition coefficient (Wildman–Crippen LogP) is 9.69. The zero-order valence-corrected chi connectivity index (χ0v) is 22.0. The second kappa shape index (κ2) is 8.94. The third kappa shape index (κ3) is 4.02. The van der Waals surface area contributed by atoms with Crippen LogP contribution in [0.2, 0.25) is 0 Å². The van der Waals surface area contributed by atoms with Crippen LogP contribution in [0.5, 0.6) is 0 Å². The molecule has 37 heavy (non-hydrogen) atoms. The molecule has 2 heteroatoms. The van der Waals surface area contributed by atoms with Gasteiger partial charge in [0.2, 0.25) is 0 Å². The van der Waals surface area contributed by atoms with Crippen LogP contribution in [0.15, 0.2) is 97.1 Å². The molecule has 2 aliphatic rings. The van der Waals surface area contributed by atoms with Crippen molar-refractivity contribution in [1.29, 1.82) is 0 Å². The van der Waals surface area contributed by atoms with E-state index in [0.29, 0.717) is 29.2 Å². The van der Waals surface area contributed by atoms with Crippen molar-refractivity contribution >= 4 is 0 Å². The Morgan fingerprint density at radius 2 is 1.11 bits per heavy atom. The van der Waals surface area contributed by atoms with E-state index in [1.54, 1.807) is 18.2 Å². The second-order valence-corrected chi connectivity index (χ2v) is 11.9. The first-order valence-corrected chi connectivity index (χ1v) is 13.5. The first kappa shape index (κ1) is 24.1. The molecule has 2 aliphatic carbocycles. The van der Waals surface area contributed by atoms with Gasteiger partial charge in [0.05, 0.1) is 0 Å². The summed E-state index contributed by atoms with van der Waals surface area (Å²) in [6.45, 7) is 9.06. The van der Waals surface area contributed by atoms with E-state index >= 15 is 4.39 Å². The van der Waals surface area contributed by atoms with Crippen molar-refractivity contribution in [2.24, 2.45) is 17.3 Å². The van der Waals surface area contributed by atoms with Crippen LogP contribution < -0.4 is 0 Å². The normalized spacial score (nSPS) is 27.9. The lowest BCUT2D eigenvalue weighted by atomic mass is 9.54. The summed E-state index contributed by atoms with van der Waals surface area (Å²) in [6.07, 6.45) is 0. The monoisotopic (exact) mass is 492 g/mol. The van der Waals surface area contributed by atoms with Crippen LogP contribution in [0.25, 0.3) is 11.1 Å². The van der Waals surface area contributed by atoms with E-state index in [1.165, 1.54) is 17.2 Å². The van der Waals surface area contributed by atoms with E-state index in [9.17, 15) is 4.39 Å². The SMILES string of the molecule is CC1C(C)[C@H](c2ccc(-c3ccc(C4[C@@H](c5cccc(F)c5)C4(C)C)cc3F)cc2)C1c1ccccc1. The maximum Gasteiger partial charge on any atom is 0.131 e. The molecule has 6 rings (SSSR count). The topological polar surface area (TPSA) is 0 Å². The molecule has 0 aliphatic heterocycles. The van der Waals surface area contributed by atoms with Gasteiger partial charge in [-0.1, -0.05) is 107 Å². The fourth-order valence-electron chi connectivity index (χ4n) is 7.29. The number of benzene rings is 4. The quantitative estimate of drug-likeness (QED) is 0.260. The molecule has 4 unspecified atom stereocenters. The molecule has 0 N–H and O–H groups in total. The minimum absolute atomic E-state index is 0.0324. The molecule has 0 bridgehead atoms. The summed E-state index contributed by atoms with van der Waals surface area (Å²) in [4.78, 5) is 0. The third-order valence-electron chi connectivity index (χ3n) is 9.53. The third-order valence-corrected chi connectivity index (χ3v) is 9.53. The van der Waals surface area contributed by atoms with E-state index in [2.05, 4.69) is 88.4 Å². The molecule has 6 atom stereocenters. The molecule has 0 aromatic heterocycles. The smallest absolute Gasteiger partial charge is 0.131 e. The minimum atomic E-state index is -0.218. The molecular formula is C35H34F2. The number of halogens is 2. The molecule has 0 radical (unpaired) electrons. The molecule has 0 nitrogen and oxygen atoms in total. The van der Waals surface area contributed by atoms with Gasteiger partial charge in [-0.15, -0.1) is 0 Å². The Morgan fingerprint density at radius 1 is 0.568 bits per heavy atom. The Hall–Kier alpha value is -3.26. The zero-order valence-electron chi connectivity index (χ0n) is 22.0. The lowest BCUT2D eigenvalue weighted by Gasteiger charge is -2.50. The summed E-state index contributed by atoms with van der Waals surface area (Å²) in [6, 6.07) is 31.8. The highest BCUT2D eigenvalue weighted by Gasteiger charge is 2.58. The summed E-state index contributed by atoms with van der Waals surface area (Å²) in [5.41, 5.74) is 6.21. The Bertz CT molecular complexity index is 1420. The first-order valence-electron chi connectivity index (χ1n) is 13.5. The van der Waals surface area contributed by atoms with Gasteiger partial charge in [0, 0.05) is 5.56 Å². The van der Waals surface area contributed by atoms with E-state index in [-0.39, 0.29) is 28.9 Å². The predicted molar refractivity (Wildman–Crippen MR) is 148 cm³/mol. The lowest BCUT2D eigenvalue weighted by Crippen LogP contribution is -2.39. The summed E-state index contributed by atoms with van der Waals surface area (Å²) in [7, 11) is 0. The van der Waals surface area contributed by atoms with Crippen molar-refractivity contribution in [3.8, 4) is 11.1 Å². The van der Waals surface area contributed by atoms with Gasteiger partial charge in [-0.25, -0.2) is 8.78 Å². The van der Waals surface area contributed by atoms with Gasteiger partial charge in [0.25, 0.3) is 0 Å². The fourth-order valence-corrected chi connectivity index (χ4v) is 7.29. The largest absolute Gasteiger partial charge is 0.207 e. The van der Waals surface area contributed by atoms with Crippen molar-refractivity contribution in [2.75, 3.05) is 0 Å². The summed E-state index contributed by atoms with van der Waals surface area (Å²) >= 11 is 0. The van der Waals surface area contributed by atoms with E-state index in [0.717, 1.165) is 16.7 Å². The fraction of sp³-hybridized carbons (Fsp3) is 0.314. The van der Waals surface area contributed by atoms with Crippen molar-refractivity contribution < 1.29 is 8.78 Å². The molecule has 0 heterocycles. The Labute approximate surface area is 219 Å². The van der Waals surface area contributed by atoms with E-state index in [4.69, 9.17) is 0 Å². The summed E-state index contributed by atoms with van der Waals surface area (Å²) in [5.74, 6) is 2.21. The molecule has 4 aromatic rings. The maximum atomic E-state index is 15.4. The molecule has 2 saturated carbocycles. The van der Waals surface area contributed by atoms with Crippen LogP contribution in [0, 0.1) is 28.9 Å². The maximum absolute atomic E-state index is 15.4. The molecule has 0 saturated heterocycles. The molecule has 0 amide bonds. The van der Waals surface area contributed by atoms with Crippen molar-refractivity contribution in [3.63, 3.8) is 0 Å².